The quantitative estimate of drug-likeness (QED) is 0.634. The van der Waals surface area contributed by atoms with Gasteiger partial charge in [0.2, 0.25) is 0 Å². The minimum absolute atomic E-state index is 0.0628. The van der Waals surface area contributed by atoms with Crippen molar-refractivity contribution in [3.05, 3.63) is 107 Å². The molecule has 1 unspecified atom stereocenters. The number of methoxy groups -OCH3 is 1. The first-order chi connectivity index (χ1) is 12.5. The van der Waals surface area contributed by atoms with Crippen LogP contribution in [-0.4, -0.2) is 7.04 Å². The van der Waals surface area contributed by atoms with Crippen LogP contribution in [0, 0.1) is 0 Å². The van der Waals surface area contributed by atoms with Gasteiger partial charge in [-0.1, -0.05) is 84.9 Å². The monoisotopic (exact) mass is 301 g/mol. The van der Waals surface area contributed by atoms with Gasteiger partial charge in [-0.05, 0) is 16.7 Å². The molecule has 0 bridgehead atoms. The maximum atomic E-state index is 7.64. The van der Waals surface area contributed by atoms with Crippen LogP contribution in [0.25, 0.3) is 11.3 Å². The van der Waals surface area contributed by atoms with Gasteiger partial charge in [-0.15, -0.1) is 0 Å². The number of benzene rings is 3. The minimum Gasteiger partial charge on any atom is -0.496 e. The van der Waals surface area contributed by atoms with E-state index in [-0.39, 0.29) is 5.92 Å². The van der Waals surface area contributed by atoms with Crippen LogP contribution in [0.4, 0.5) is 0 Å². The molecule has 0 saturated carbocycles. The summed E-state index contributed by atoms with van der Waals surface area (Å²) in [5.74, 6) is 0.382. The summed E-state index contributed by atoms with van der Waals surface area (Å²) in [6.07, 6.45) is 0. The zero-order valence-corrected chi connectivity index (χ0v) is 12.6. The molecule has 0 amide bonds. The molecule has 4 rings (SSSR count). The number of fused-ring (bicyclic) bond motifs is 1. The summed E-state index contributed by atoms with van der Waals surface area (Å²) in [5.41, 5.74) is 4.89. The Morgan fingerprint density at radius 3 is 2.17 bits per heavy atom. The molecule has 0 heterocycles. The van der Waals surface area contributed by atoms with Crippen molar-refractivity contribution in [3.8, 4) is 0 Å². The zero-order valence-electron chi connectivity index (χ0n) is 15.6. The summed E-state index contributed by atoms with van der Waals surface area (Å²) in [6.45, 7) is 0. The SMILES string of the molecule is [2H]C([2H])([2H])OC1=C(c2ccccc2)C(c2ccccc2)c2ccccc21. The van der Waals surface area contributed by atoms with Crippen LogP contribution in [-0.2, 0) is 4.74 Å². The van der Waals surface area contributed by atoms with Crippen LogP contribution in [0.15, 0.2) is 84.9 Å². The molecular weight excluding hydrogens is 280 g/mol. The van der Waals surface area contributed by atoms with E-state index in [9.17, 15) is 0 Å². The van der Waals surface area contributed by atoms with Gasteiger partial charge in [0.15, 0.2) is 0 Å². The summed E-state index contributed by atoms with van der Waals surface area (Å²) < 4.78 is 28.4. The van der Waals surface area contributed by atoms with Crippen LogP contribution < -0.4 is 0 Å². The van der Waals surface area contributed by atoms with Crippen molar-refractivity contribution in [2.75, 3.05) is 7.04 Å². The Morgan fingerprint density at radius 2 is 1.43 bits per heavy atom. The van der Waals surface area contributed by atoms with Crippen LogP contribution in [0.5, 0.6) is 0 Å². The zero-order chi connectivity index (χ0) is 18.1. The molecule has 3 aromatic rings. The highest BCUT2D eigenvalue weighted by Gasteiger charge is 2.33. The average Bonchev–Trinajstić information content (AvgIpc) is 2.96. The highest BCUT2D eigenvalue weighted by molar-refractivity contribution is 5.98. The van der Waals surface area contributed by atoms with E-state index in [1.54, 1.807) is 0 Å². The van der Waals surface area contributed by atoms with Crippen molar-refractivity contribution in [1.82, 2.24) is 0 Å². The summed E-state index contributed by atoms with van der Waals surface area (Å²) in [7, 11) is -2.51. The molecule has 1 atom stereocenters. The average molecular weight is 301 g/mol. The smallest absolute Gasteiger partial charge is 0.131 e. The van der Waals surface area contributed by atoms with Crippen LogP contribution in [0.2, 0.25) is 0 Å². The van der Waals surface area contributed by atoms with Crippen molar-refractivity contribution in [3.63, 3.8) is 0 Å². The van der Waals surface area contributed by atoms with Gasteiger partial charge in [0.25, 0.3) is 0 Å². The maximum Gasteiger partial charge on any atom is 0.131 e. The second kappa shape index (κ2) is 5.77. The number of allylic oxidation sites excluding steroid dienone is 1. The number of rotatable bonds is 3. The maximum absolute atomic E-state index is 7.64. The second-order valence-electron chi connectivity index (χ2n) is 5.64. The number of hydrogen-bond acceptors (Lipinski definition) is 1. The largest absolute Gasteiger partial charge is 0.496 e. The second-order valence-corrected chi connectivity index (χ2v) is 5.64. The third kappa shape index (κ3) is 2.25. The lowest BCUT2D eigenvalue weighted by Gasteiger charge is -2.17. The van der Waals surface area contributed by atoms with E-state index in [2.05, 4.69) is 12.1 Å². The van der Waals surface area contributed by atoms with E-state index in [4.69, 9.17) is 8.85 Å². The molecule has 3 aromatic carbocycles. The normalized spacial score (nSPS) is 18.8. The standard InChI is InChI=1S/C22H18O/c1-23-22-19-15-9-8-14-18(19)20(16-10-4-2-5-11-16)21(22)17-12-6-3-7-13-17/h2-15,20H,1H3/i1D3. The molecule has 112 valence electrons. The molecule has 1 aliphatic carbocycles. The van der Waals surface area contributed by atoms with Gasteiger partial charge < -0.3 is 4.74 Å². The highest BCUT2D eigenvalue weighted by Crippen LogP contribution is 2.50. The summed E-state index contributed by atoms with van der Waals surface area (Å²) >= 11 is 0. The molecule has 1 aliphatic rings. The summed E-state index contributed by atoms with van der Waals surface area (Å²) in [5, 5.41) is 0. The van der Waals surface area contributed by atoms with Crippen LogP contribution in [0.1, 0.15) is 32.3 Å². The van der Waals surface area contributed by atoms with E-state index in [0.29, 0.717) is 5.76 Å². The Labute approximate surface area is 141 Å². The van der Waals surface area contributed by atoms with Crippen molar-refractivity contribution in [2.45, 2.75) is 5.92 Å². The van der Waals surface area contributed by atoms with Gasteiger partial charge in [-0.3, -0.25) is 0 Å². The highest BCUT2D eigenvalue weighted by atomic mass is 16.5. The predicted molar refractivity (Wildman–Crippen MR) is 95.0 cm³/mol. The summed E-state index contributed by atoms with van der Waals surface area (Å²) in [4.78, 5) is 0. The topological polar surface area (TPSA) is 9.23 Å². The molecule has 0 radical (unpaired) electrons. The first-order valence-corrected chi connectivity index (χ1v) is 7.67. The van der Waals surface area contributed by atoms with Crippen molar-refractivity contribution >= 4 is 11.3 Å². The molecular formula is C22H18O. The van der Waals surface area contributed by atoms with Gasteiger partial charge in [0.1, 0.15) is 5.76 Å². The van der Waals surface area contributed by atoms with Crippen molar-refractivity contribution in [2.24, 2.45) is 0 Å². The van der Waals surface area contributed by atoms with Crippen LogP contribution >= 0.6 is 0 Å². The fourth-order valence-electron chi connectivity index (χ4n) is 3.40. The molecule has 0 spiro atoms. The van der Waals surface area contributed by atoms with Crippen molar-refractivity contribution < 1.29 is 8.85 Å². The Kier molecular flexibility index (Phi) is 2.72. The van der Waals surface area contributed by atoms with E-state index in [0.717, 1.165) is 27.8 Å². The van der Waals surface area contributed by atoms with Gasteiger partial charge in [0, 0.05) is 17.1 Å². The van der Waals surface area contributed by atoms with E-state index >= 15 is 0 Å². The molecule has 1 heteroatoms. The molecule has 0 fully saturated rings. The predicted octanol–water partition coefficient (Wildman–Crippen LogP) is 5.35. The number of hydrogen-bond donors (Lipinski definition) is 0. The third-order valence-corrected chi connectivity index (χ3v) is 4.37. The third-order valence-electron chi connectivity index (χ3n) is 4.37. The summed E-state index contributed by atoms with van der Waals surface area (Å²) in [6, 6.07) is 27.9. The van der Waals surface area contributed by atoms with Crippen molar-refractivity contribution in [1.29, 1.82) is 0 Å². The van der Waals surface area contributed by atoms with E-state index in [1.165, 1.54) is 0 Å². The first-order valence-electron chi connectivity index (χ1n) is 9.17. The lowest BCUT2D eigenvalue weighted by Crippen LogP contribution is -2.01. The lowest BCUT2D eigenvalue weighted by atomic mass is 9.85. The molecule has 0 aromatic heterocycles. The molecule has 0 saturated heterocycles. The lowest BCUT2D eigenvalue weighted by molar-refractivity contribution is 0.372. The molecule has 1 nitrogen and oxygen atoms in total. The fourth-order valence-corrected chi connectivity index (χ4v) is 3.40. The first kappa shape index (κ1) is 10.8. The van der Waals surface area contributed by atoms with E-state index in [1.807, 2.05) is 72.8 Å². The number of ether oxygens (including phenoxy) is 1. The van der Waals surface area contributed by atoms with Gasteiger partial charge in [0.05, 0.1) is 11.2 Å². The molecule has 0 N–H and O–H groups in total. The minimum atomic E-state index is -2.51. The van der Waals surface area contributed by atoms with Gasteiger partial charge >= 0.3 is 0 Å². The molecule has 0 aliphatic heterocycles. The van der Waals surface area contributed by atoms with Crippen LogP contribution in [0.3, 0.4) is 0 Å². The Balaban J connectivity index is 1.99. The van der Waals surface area contributed by atoms with E-state index < -0.39 is 7.04 Å². The Morgan fingerprint density at radius 1 is 0.783 bits per heavy atom. The molecule has 23 heavy (non-hydrogen) atoms. The fraction of sp³-hybridized carbons (Fsp3) is 0.0909. The Hall–Kier alpha value is -2.80. The van der Waals surface area contributed by atoms with Gasteiger partial charge in [-0.2, -0.15) is 0 Å². The van der Waals surface area contributed by atoms with Gasteiger partial charge in [-0.25, -0.2) is 0 Å². The Bertz CT molecular complexity index is 944.